The van der Waals surface area contributed by atoms with Crippen LogP contribution in [0.5, 0.6) is 5.75 Å². The molecule has 0 radical (unpaired) electrons. The predicted octanol–water partition coefficient (Wildman–Crippen LogP) is 5.82. The van der Waals surface area contributed by atoms with Crippen molar-refractivity contribution in [3.05, 3.63) is 51.4 Å². The molecule has 0 saturated carbocycles. The summed E-state index contributed by atoms with van der Waals surface area (Å²) in [7, 11) is 3.51. The van der Waals surface area contributed by atoms with E-state index in [1.165, 1.54) is 0 Å². The van der Waals surface area contributed by atoms with Crippen LogP contribution in [0.3, 0.4) is 0 Å². The Morgan fingerprint density at radius 2 is 1.73 bits per heavy atom. The van der Waals surface area contributed by atoms with E-state index in [4.69, 9.17) is 9.84 Å². The van der Waals surface area contributed by atoms with Crippen molar-refractivity contribution in [2.45, 2.75) is 72.1 Å². The number of aromatic nitrogens is 3. The molecule has 2 aromatic heterocycles. The van der Waals surface area contributed by atoms with Crippen molar-refractivity contribution in [1.82, 2.24) is 14.2 Å². The van der Waals surface area contributed by atoms with Crippen molar-refractivity contribution in [3.8, 4) is 17.1 Å². The summed E-state index contributed by atoms with van der Waals surface area (Å²) in [6.45, 7) is 10.7. The predicted molar refractivity (Wildman–Crippen MR) is 124 cm³/mol. The van der Waals surface area contributed by atoms with Gasteiger partial charge in [-0.1, -0.05) is 40.5 Å². The average molecular weight is 410 g/mol. The maximum Gasteiger partial charge on any atom is 0.278 e. The quantitative estimate of drug-likeness (QED) is 0.471. The fraction of sp³-hybridized carbons (Fsp3) is 0.520. The van der Waals surface area contributed by atoms with Crippen molar-refractivity contribution in [1.29, 1.82) is 0 Å². The first kappa shape index (κ1) is 22.1. The topological polar surface area (TPSA) is 48.5 Å². The van der Waals surface area contributed by atoms with Crippen LogP contribution in [0.15, 0.2) is 29.1 Å². The van der Waals surface area contributed by atoms with Gasteiger partial charge >= 0.3 is 0 Å². The van der Waals surface area contributed by atoms with E-state index in [0.717, 1.165) is 59.3 Å². The number of hydrogen-bond acceptors (Lipinski definition) is 3. The first-order valence-corrected chi connectivity index (χ1v) is 11.1. The number of ether oxygens (including phenoxy) is 1. The van der Waals surface area contributed by atoms with Gasteiger partial charge in [0.05, 0.1) is 7.11 Å². The lowest BCUT2D eigenvalue weighted by molar-refractivity contribution is 0.414. The van der Waals surface area contributed by atoms with Gasteiger partial charge in [0, 0.05) is 18.3 Å². The summed E-state index contributed by atoms with van der Waals surface area (Å²) < 4.78 is 8.99. The Morgan fingerprint density at radius 3 is 2.30 bits per heavy atom. The fourth-order valence-electron chi connectivity index (χ4n) is 4.46. The molecule has 0 bridgehead atoms. The molecule has 5 nitrogen and oxygen atoms in total. The molecule has 0 aliphatic carbocycles. The summed E-state index contributed by atoms with van der Waals surface area (Å²) in [4.78, 5) is 13.6. The molecule has 0 aliphatic rings. The highest BCUT2D eigenvalue weighted by molar-refractivity contribution is 5.65. The van der Waals surface area contributed by atoms with Crippen LogP contribution in [0.25, 0.3) is 16.9 Å². The molecule has 0 atom stereocenters. The van der Waals surface area contributed by atoms with Gasteiger partial charge in [0.15, 0.2) is 5.82 Å². The number of benzene rings is 1. The van der Waals surface area contributed by atoms with Gasteiger partial charge in [-0.2, -0.15) is 0 Å². The maximum atomic E-state index is 13.6. The van der Waals surface area contributed by atoms with E-state index < -0.39 is 0 Å². The van der Waals surface area contributed by atoms with Gasteiger partial charge in [0.25, 0.3) is 5.56 Å². The largest absolute Gasteiger partial charge is 0.497 e. The lowest BCUT2D eigenvalue weighted by atomic mass is 9.91. The van der Waals surface area contributed by atoms with Crippen molar-refractivity contribution >= 4 is 5.52 Å². The van der Waals surface area contributed by atoms with Gasteiger partial charge in [-0.25, -0.2) is 4.52 Å². The third-order valence-electron chi connectivity index (χ3n) is 6.04. The number of rotatable bonds is 8. The molecular weight excluding hydrogens is 374 g/mol. The monoisotopic (exact) mass is 409 g/mol. The molecule has 5 heteroatoms. The lowest BCUT2D eigenvalue weighted by Gasteiger charge is -2.18. The molecule has 3 rings (SSSR count). The summed E-state index contributed by atoms with van der Waals surface area (Å²) in [5.74, 6) is 2.18. The van der Waals surface area contributed by atoms with E-state index in [9.17, 15) is 4.79 Å². The Labute approximate surface area is 179 Å². The number of fused-ring (bicyclic) bond motifs is 1. The van der Waals surface area contributed by atoms with Gasteiger partial charge in [-0.3, -0.25) is 9.36 Å². The van der Waals surface area contributed by atoms with Crippen LogP contribution in [0.4, 0.5) is 0 Å². The van der Waals surface area contributed by atoms with Crippen LogP contribution in [0.2, 0.25) is 0 Å². The Bertz CT molecular complexity index is 1090. The van der Waals surface area contributed by atoms with Crippen LogP contribution in [0.1, 0.15) is 82.0 Å². The molecule has 0 unspecified atom stereocenters. The Kier molecular flexibility index (Phi) is 6.69. The zero-order valence-corrected chi connectivity index (χ0v) is 19.5. The second-order valence-corrected chi connectivity index (χ2v) is 8.57. The zero-order valence-electron chi connectivity index (χ0n) is 19.5. The molecule has 3 aromatic rings. The summed E-state index contributed by atoms with van der Waals surface area (Å²) in [6.07, 6.45) is 4.40. The Balaban J connectivity index is 2.28. The SMILES string of the molecule is CCCC(CCC)c1cc(C)n2nc(-c3ccc(OC)cc3C(C)C)n(C)c(=O)c12. The van der Waals surface area contributed by atoms with Crippen LogP contribution in [0, 0.1) is 6.92 Å². The van der Waals surface area contributed by atoms with Crippen LogP contribution >= 0.6 is 0 Å². The molecule has 0 fully saturated rings. The van der Waals surface area contributed by atoms with Crippen molar-refractivity contribution < 1.29 is 4.74 Å². The highest BCUT2D eigenvalue weighted by atomic mass is 16.5. The van der Waals surface area contributed by atoms with Crippen LogP contribution in [-0.2, 0) is 7.05 Å². The van der Waals surface area contributed by atoms with Gasteiger partial charge in [-0.15, -0.1) is 5.10 Å². The maximum absolute atomic E-state index is 13.6. The first-order chi connectivity index (χ1) is 14.3. The van der Waals surface area contributed by atoms with Gasteiger partial charge in [0.1, 0.15) is 11.3 Å². The standard InChI is InChI=1S/C25H35N3O2/c1-8-10-18(11-9-2)22-14-17(5)28-23(22)25(29)27(6)24(26-28)20-13-12-19(30-7)15-21(20)16(3)4/h12-16,18H,8-11H2,1-7H3. The second-order valence-electron chi connectivity index (χ2n) is 8.57. The zero-order chi connectivity index (χ0) is 22.0. The van der Waals surface area contributed by atoms with E-state index in [0.29, 0.717) is 11.7 Å². The van der Waals surface area contributed by atoms with Gasteiger partial charge in [0.2, 0.25) is 0 Å². The normalized spacial score (nSPS) is 11.8. The van der Waals surface area contributed by atoms with Crippen molar-refractivity contribution in [3.63, 3.8) is 0 Å². The molecule has 0 saturated heterocycles. The fourth-order valence-corrected chi connectivity index (χ4v) is 4.46. The van der Waals surface area contributed by atoms with E-state index in [1.54, 1.807) is 11.7 Å². The molecule has 0 aliphatic heterocycles. The highest BCUT2D eigenvalue weighted by Crippen LogP contribution is 2.33. The summed E-state index contributed by atoms with van der Waals surface area (Å²) in [5.41, 5.74) is 5.00. The number of methoxy groups -OCH3 is 1. The second kappa shape index (κ2) is 9.07. The minimum Gasteiger partial charge on any atom is -0.497 e. The minimum absolute atomic E-state index is 0.0193. The Morgan fingerprint density at radius 1 is 1.07 bits per heavy atom. The third kappa shape index (κ3) is 3.90. The van der Waals surface area contributed by atoms with E-state index >= 15 is 0 Å². The molecular formula is C25H35N3O2. The molecule has 0 amide bonds. The lowest BCUT2D eigenvalue weighted by Crippen LogP contribution is -2.24. The first-order valence-electron chi connectivity index (χ1n) is 11.1. The van der Waals surface area contributed by atoms with Crippen LogP contribution < -0.4 is 10.3 Å². The third-order valence-corrected chi connectivity index (χ3v) is 6.04. The molecule has 1 aromatic carbocycles. The number of hydrogen-bond donors (Lipinski definition) is 0. The summed E-state index contributed by atoms with van der Waals surface area (Å²) in [5, 5.41) is 4.97. The van der Waals surface area contributed by atoms with E-state index in [1.807, 2.05) is 36.7 Å². The average Bonchev–Trinajstić information content (AvgIpc) is 3.06. The summed E-state index contributed by atoms with van der Waals surface area (Å²) >= 11 is 0. The minimum atomic E-state index is 0.0193. The molecule has 30 heavy (non-hydrogen) atoms. The number of aryl methyl sites for hydroxylation is 1. The number of nitrogens with zero attached hydrogens (tertiary/aromatic N) is 3. The smallest absolute Gasteiger partial charge is 0.278 e. The van der Waals surface area contributed by atoms with Gasteiger partial charge in [-0.05, 0) is 67.0 Å². The van der Waals surface area contributed by atoms with Crippen molar-refractivity contribution in [2.75, 3.05) is 7.11 Å². The van der Waals surface area contributed by atoms with Gasteiger partial charge < -0.3 is 4.74 Å². The molecule has 0 spiro atoms. The molecule has 2 heterocycles. The molecule has 0 N–H and O–H groups in total. The molecule has 162 valence electrons. The summed E-state index contributed by atoms with van der Waals surface area (Å²) in [6, 6.07) is 8.16. The van der Waals surface area contributed by atoms with Crippen molar-refractivity contribution in [2.24, 2.45) is 7.05 Å². The van der Waals surface area contributed by atoms with Crippen LogP contribution in [-0.4, -0.2) is 21.3 Å². The van der Waals surface area contributed by atoms with E-state index in [-0.39, 0.29) is 11.5 Å². The highest BCUT2D eigenvalue weighted by Gasteiger charge is 2.22. The Hall–Kier alpha value is -2.56. The van der Waals surface area contributed by atoms with E-state index in [2.05, 4.69) is 33.8 Å².